The quantitative estimate of drug-likeness (QED) is 0.641. The number of nitriles is 1. The van der Waals surface area contributed by atoms with Crippen molar-refractivity contribution in [1.29, 1.82) is 5.26 Å². The van der Waals surface area contributed by atoms with E-state index in [1.165, 1.54) is 12.1 Å². The van der Waals surface area contributed by atoms with Crippen molar-refractivity contribution in [3.8, 4) is 11.8 Å². The molecule has 7 nitrogen and oxygen atoms in total. The van der Waals surface area contributed by atoms with Crippen LogP contribution in [0.5, 0.6) is 5.75 Å². The van der Waals surface area contributed by atoms with Crippen molar-refractivity contribution in [1.82, 2.24) is 4.90 Å². The first-order valence-electron chi connectivity index (χ1n) is 11.4. The number of ether oxygens (including phenoxy) is 1. The lowest BCUT2D eigenvalue weighted by Crippen LogP contribution is -2.47. The summed E-state index contributed by atoms with van der Waals surface area (Å²) >= 11 is 0. The van der Waals surface area contributed by atoms with Gasteiger partial charge in [-0.15, -0.1) is 0 Å². The lowest BCUT2D eigenvalue weighted by atomic mass is 9.73. The normalized spacial score (nSPS) is 18.2. The van der Waals surface area contributed by atoms with Crippen LogP contribution in [0, 0.1) is 11.3 Å². The first-order valence-corrected chi connectivity index (χ1v) is 13.3. The van der Waals surface area contributed by atoms with Gasteiger partial charge in [-0.3, -0.25) is 9.69 Å². The van der Waals surface area contributed by atoms with Gasteiger partial charge in [-0.2, -0.15) is 5.26 Å². The molecular formula is C25H28FN3O4S. The van der Waals surface area contributed by atoms with Crippen LogP contribution < -0.4 is 10.1 Å². The fraction of sp³-hybridized carbons (Fsp3) is 0.440. The molecule has 1 atom stereocenters. The van der Waals surface area contributed by atoms with Gasteiger partial charge in [0.1, 0.15) is 18.5 Å². The maximum absolute atomic E-state index is 14.4. The number of alkyl halides is 1. The molecule has 1 N–H and O–H groups in total. The van der Waals surface area contributed by atoms with E-state index in [1.807, 2.05) is 6.07 Å². The predicted octanol–water partition coefficient (Wildman–Crippen LogP) is 3.75. The second kappa shape index (κ2) is 9.35. The molecule has 0 aliphatic carbocycles. The molecular weight excluding hydrogens is 457 g/mol. The summed E-state index contributed by atoms with van der Waals surface area (Å²) in [6.45, 7) is 4.05. The van der Waals surface area contributed by atoms with E-state index in [4.69, 9.17) is 4.74 Å². The Bertz CT molecular complexity index is 1250. The Morgan fingerprint density at radius 3 is 2.62 bits per heavy atom. The molecule has 0 radical (unpaired) electrons. The lowest BCUT2D eigenvalue weighted by Gasteiger charge is -2.38. The van der Waals surface area contributed by atoms with Crippen molar-refractivity contribution >= 4 is 21.4 Å². The van der Waals surface area contributed by atoms with E-state index in [1.54, 1.807) is 25.1 Å². The summed E-state index contributed by atoms with van der Waals surface area (Å²) in [6, 6.07) is 11.9. The number of fused-ring (bicyclic) bond motifs is 2. The third-order valence-corrected chi connectivity index (χ3v) is 7.98. The van der Waals surface area contributed by atoms with Crippen LogP contribution in [0.25, 0.3) is 0 Å². The molecule has 0 aromatic heterocycles. The molecule has 1 unspecified atom stereocenters. The first kappa shape index (κ1) is 24.2. The number of amides is 1. The van der Waals surface area contributed by atoms with Crippen LogP contribution in [0.3, 0.4) is 0 Å². The van der Waals surface area contributed by atoms with E-state index in [0.29, 0.717) is 50.4 Å². The van der Waals surface area contributed by atoms with Crippen LogP contribution in [0.2, 0.25) is 0 Å². The molecule has 180 valence electrons. The molecule has 0 saturated carbocycles. The van der Waals surface area contributed by atoms with Gasteiger partial charge in [0.25, 0.3) is 0 Å². The monoisotopic (exact) mass is 485 g/mol. The predicted molar refractivity (Wildman–Crippen MR) is 126 cm³/mol. The zero-order valence-electron chi connectivity index (χ0n) is 19.3. The Labute approximate surface area is 199 Å². The fourth-order valence-electron chi connectivity index (χ4n) is 4.85. The van der Waals surface area contributed by atoms with Crippen molar-refractivity contribution in [3.05, 3.63) is 53.1 Å². The van der Waals surface area contributed by atoms with Crippen LogP contribution >= 0.6 is 0 Å². The van der Waals surface area contributed by atoms with Gasteiger partial charge < -0.3 is 10.1 Å². The largest absolute Gasteiger partial charge is 0.492 e. The van der Waals surface area contributed by atoms with Crippen molar-refractivity contribution < 1.29 is 22.3 Å². The average Bonchev–Trinajstić information content (AvgIpc) is 3.09. The number of benzene rings is 2. The Morgan fingerprint density at radius 2 is 1.97 bits per heavy atom. The summed E-state index contributed by atoms with van der Waals surface area (Å²) in [5, 5.41) is 12.2. The molecule has 0 bridgehead atoms. The molecule has 2 heterocycles. The van der Waals surface area contributed by atoms with Gasteiger partial charge in [-0.25, -0.2) is 12.8 Å². The Morgan fingerprint density at radius 1 is 1.24 bits per heavy atom. The molecule has 2 aliphatic rings. The van der Waals surface area contributed by atoms with Gasteiger partial charge in [0, 0.05) is 24.1 Å². The molecule has 1 amide bonds. The van der Waals surface area contributed by atoms with Gasteiger partial charge in [-0.05, 0) is 74.3 Å². The Hall–Kier alpha value is -2.96. The number of likely N-dealkylation sites (tertiary alicyclic amines) is 1. The van der Waals surface area contributed by atoms with E-state index in [0.717, 1.165) is 17.5 Å². The molecule has 4 rings (SSSR count). The minimum atomic E-state index is -3.54. The standard InChI is InChI=1S/C25H28FN3O4S/c1-3-21(26)19-15-18(5-7-23(19)34(2,31)32)33-13-12-29-10-8-25(9-11-29)20-14-17(16-27)4-6-22(20)28-24(25)30/h4-7,14-15,21H,3,8-13H2,1-2H3,(H,28,30). The maximum Gasteiger partial charge on any atom is 0.235 e. The molecule has 34 heavy (non-hydrogen) atoms. The minimum absolute atomic E-state index is 0.00907. The van der Waals surface area contributed by atoms with E-state index >= 15 is 0 Å². The fourth-order valence-corrected chi connectivity index (χ4v) is 5.78. The average molecular weight is 486 g/mol. The number of carbonyl (C=O) groups excluding carboxylic acids is 1. The van der Waals surface area contributed by atoms with Crippen molar-refractivity contribution in [2.75, 3.05) is 37.8 Å². The minimum Gasteiger partial charge on any atom is -0.492 e. The van der Waals surface area contributed by atoms with E-state index < -0.39 is 21.4 Å². The van der Waals surface area contributed by atoms with E-state index in [2.05, 4.69) is 16.3 Å². The summed E-state index contributed by atoms with van der Waals surface area (Å²) in [7, 11) is -3.54. The molecule has 2 aromatic rings. The summed E-state index contributed by atoms with van der Waals surface area (Å²) in [5.74, 6) is 0.420. The van der Waals surface area contributed by atoms with Crippen LogP contribution in [-0.2, 0) is 20.0 Å². The van der Waals surface area contributed by atoms with E-state index in [-0.39, 0.29) is 22.8 Å². The number of hydrogen-bond donors (Lipinski definition) is 1. The molecule has 2 aromatic carbocycles. The van der Waals surface area contributed by atoms with Gasteiger partial charge in [0.2, 0.25) is 5.91 Å². The molecule has 9 heteroatoms. The van der Waals surface area contributed by atoms with Crippen LogP contribution in [0.15, 0.2) is 41.3 Å². The van der Waals surface area contributed by atoms with Gasteiger partial charge >= 0.3 is 0 Å². The van der Waals surface area contributed by atoms with E-state index in [9.17, 15) is 22.9 Å². The summed E-state index contributed by atoms with van der Waals surface area (Å²) < 4.78 is 44.2. The Kier molecular flexibility index (Phi) is 6.65. The van der Waals surface area contributed by atoms with Gasteiger partial charge in [0.15, 0.2) is 9.84 Å². The number of piperidine rings is 1. The number of nitrogens with zero attached hydrogens (tertiary/aromatic N) is 2. The zero-order chi connectivity index (χ0) is 24.5. The zero-order valence-corrected chi connectivity index (χ0v) is 20.1. The summed E-state index contributed by atoms with van der Waals surface area (Å²) in [4.78, 5) is 15.0. The third-order valence-electron chi connectivity index (χ3n) is 6.81. The van der Waals surface area contributed by atoms with Crippen LogP contribution in [-0.4, -0.2) is 51.7 Å². The third kappa shape index (κ3) is 4.52. The van der Waals surface area contributed by atoms with Gasteiger partial charge in [0.05, 0.1) is 21.9 Å². The molecule has 1 saturated heterocycles. The van der Waals surface area contributed by atoms with Crippen molar-refractivity contribution in [3.63, 3.8) is 0 Å². The SMILES string of the molecule is CCC(F)c1cc(OCCN2CCC3(CC2)C(=O)Nc2ccc(C#N)cc23)ccc1S(C)(=O)=O. The maximum atomic E-state index is 14.4. The highest BCUT2D eigenvalue weighted by atomic mass is 32.2. The number of sulfone groups is 1. The number of halogens is 1. The topological polar surface area (TPSA) is 99.5 Å². The number of hydrogen-bond acceptors (Lipinski definition) is 6. The van der Waals surface area contributed by atoms with Crippen molar-refractivity contribution in [2.24, 2.45) is 0 Å². The van der Waals surface area contributed by atoms with Crippen LogP contribution in [0.4, 0.5) is 10.1 Å². The highest BCUT2D eigenvalue weighted by molar-refractivity contribution is 7.90. The van der Waals surface area contributed by atoms with Crippen molar-refractivity contribution in [2.45, 2.75) is 42.7 Å². The number of anilines is 1. The molecule has 2 aliphatic heterocycles. The molecule has 1 spiro atoms. The second-order valence-electron chi connectivity index (χ2n) is 8.95. The summed E-state index contributed by atoms with van der Waals surface area (Å²) in [6.07, 6.45) is 1.16. The number of nitrogens with one attached hydrogen (secondary N) is 1. The molecule has 1 fully saturated rings. The summed E-state index contributed by atoms with van der Waals surface area (Å²) in [5.41, 5.74) is 1.76. The van der Waals surface area contributed by atoms with Crippen LogP contribution in [0.1, 0.15) is 49.0 Å². The smallest absolute Gasteiger partial charge is 0.235 e. The Balaban J connectivity index is 1.38. The highest BCUT2D eigenvalue weighted by Crippen LogP contribution is 2.45. The highest BCUT2D eigenvalue weighted by Gasteiger charge is 2.48. The number of carbonyl (C=O) groups is 1. The first-order chi connectivity index (χ1) is 16.2. The second-order valence-corrected chi connectivity index (χ2v) is 10.9. The lowest BCUT2D eigenvalue weighted by molar-refractivity contribution is -0.122. The number of rotatable bonds is 7. The van der Waals surface area contributed by atoms with Gasteiger partial charge in [-0.1, -0.05) is 6.92 Å².